The molecule has 0 bridgehead atoms. The van der Waals surface area contributed by atoms with Gasteiger partial charge in [-0.25, -0.2) is 4.39 Å². The third kappa shape index (κ3) is 3.97. The minimum Gasteiger partial charge on any atom is -0.368 e. The monoisotopic (exact) mass is 436 g/mol. The number of likely N-dealkylation sites (N-methyl/N-ethyl adjacent to an activating group) is 1. The summed E-state index contributed by atoms with van der Waals surface area (Å²) < 4.78 is 15.0. The van der Waals surface area contributed by atoms with Crippen LogP contribution in [0.1, 0.15) is 35.2 Å². The van der Waals surface area contributed by atoms with Crippen LogP contribution < -0.4 is 15.1 Å². The van der Waals surface area contributed by atoms with E-state index in [-0.39, 0.29) is 23.5 Å². The van der Waals surface area contributed by atoms with E-state index >= 15 is 4.39 Å². The van der Waals surface area contributed by atoms with Crippen LogP contribution in [0.2, 0.25) is 0 Å². The van der Waals surface area contributed by atoms with Crippen molar-refractivity contribution in [2.24, 2.45) is 5.92 Å². The number of amides is 2. The first kappa shape index (κ1) is 20.9. The highest BCUT2D eigenvalue weighted by atomic mass is 19.1. The van der Waals surface area contributed by atoms with Crippen molar-refractivity contribution in [1.82, 2.24) is 4.90 Å². The van der Waals surface area contributed by atoms with Crippen molar-refractivity contribution >= 4 is 28.9 Å². The lowest BCUT2D eigenvalue weighted by molar-refractivity contribution is -0.117. The Morgan fingerprint density at radius 3 is 2.59 bits per heavy atom. The first-order valence-electron chi connectivity index (χ1n) is 11.4. The second kappa shape index (κ2) is 8.20. The van der Waals surface area contributed by atoms with Crippen LogP contribution in [-0.4, -0.2) is 56.5 Å². The number of carbonyl (C=O) groups is 2. The summed E-state index contributed by atoms with van der Waals surface area (Å²) >= 11 is 0. The topological polar surface area (TPSA) is 55.9 Å². The molecule has 32 heavy (non-hydrogen) atoms. The van der Waals surface area contributed by atoms with Gasteiger partial charge in [-0.3, -0.25) is 9.59 Å². The van der Waals surface area contributed by atoms with Crippen LogP contribution >= 0.6 is 0 Å². The summed E-state index contributed by atoms with van der Waals surface area (Å²) in [5, 5.41) is 2.94. The van der Waals surface area contributed by atoms with E-state index in [1.807, 2.05) is 12.1 Å². The van der Waals surface area contributed by atoms with Gasteiger partial charge in [0.15, 0.2) is 0 Å². The molecule has 1 aliphatic carbocycles. The maximum atomic E-state index is 15.0. The lowest BCUT2D eigenvalue weighted by Gasteiger charge is -2.30. The molecule has 7 heteroatoms. The predicted molar refractivity (Wildman–Crippen MR) is 124 cm³/mol. The molecule has 168 valence electrons. The lowest BCUT2D eigenvalue weighted by Crippen LogP contribution is -2.37. The molecule has 2 aromatic rings. The number of rotatable bonds is 5. The molecule has 1 saturated carbocycles. The minimum absolute atomic E-state index is 0.0548. The number of benzene rings is 2. The first-order chi connectivity index (χ1) is 15.4. The Morgan fingerprint density at radius 1 is 1.09 bits per heavy atom. The molecule has 0 aromatic heterocycles. The van der Waals surface area contributed by atoms with Gasteiger partial charge in [-0.1, -0.05) is 0 Å². The quantitative estimate of drug-likeness (QED) is 0.779. The van der Waals surface area contributed by atoms with E-state index in [2.05, 4.69) is 29.2 Å². The number of carbonyl (C=O) groups excluding carboxylic acids is 2. The van der Waals surface area contributed by atoms with Crippen molar-refractivity contribution in [3.05, 3.63) is 53.3 Å². The molecule has 5 rings (SSSR count). The second-order valence-corrected chi connectivity index (χ2v) is 9.33. The van der Waals surface area contributed by atoms with E-state index in [1.165, 1.54) is 6.07 Å². The zero-order chi connectivity index (χ0) is 22.4. The molecular formula is C25H29FN4O2. The van der Waals surface area contributed by atoms with Gasteiger partial charge >= 0.3 is 0 Å². The molecule has 3 aliphatic rings. The molecule has 0 spiro atoms. The van der Waals surface area contributed by atoms with Gasteiger partial charge < -0.3 is 20.0 Å². The van der Waals surface area contributed by atoms with Gasteiger partial charge in [0.25, 0.3) is 5.91 Å². The summed E-state index contributed by atoms with van der Waals surface area (Å²) in [5.74, 6) is -0.236. The summed E-state index contributed by atoms with van der Waals surface area (Å²) in [7, 11) is 4.11. The average Bonchev–Trinajstić information content (AvgIpc) is 3.51. The van der Waals surface area contributed by atoms with Crippen molar-refractivity contribution in [3.8, 4) is 0 Å². The number of fused-ring (bicyclic) bond motifs is 1. The van der Waals surface area contributed by atoms with Gasteiger partial charge in [-0.15, -0.1) is 0 Å². The smallest absolute Gasteiger partial charge is 0.258 e. The molecule has 1 N–H and O–H groups in total. The number of nitrogens with zero attached hydrogens (tertiary/aromatic N) is 3. The summed E-state index contributed by atoms with van der Waals surface area (Å²) in [5.41, 5.74) is 3.44. The van der Waals surface area contributed by atoms with Crippen molar-refractivity contribution in [2.75, 3.05) is 48.8 Å². The summed E-state index contributed by atoms with van der Waals surface area (Å²) in [4.78, 5) is 31.1. The van der Waals surface area contributed by atoms with Gasteiger partial charge in [0, 0.05) is 48.5 Å². The molecule has 2 fully saturated rings. The van der Waals surface area contributed by atoms with Gasteiger partial charge in [-0.2, -0.15) is 0 Å². The van der Waals surface area contributed by atoms with Gasteiger partial charge in [0.2, 0.25) is 5.91 Å². The van der Waals surface area contributed by atoms with Crippen molar-refractivity contribution in [3.63, 3.8) is 0 Å². The zero-order valence-electron chi connectivity index (χ0n) is 18.6. The molecule has 1 atom stereocenters. The van der Waals surface area contributed by atoms with E-state index in [0.717, 1.165) is 43.6 Å². The predicted octanol–water partition coefficient (Wildman–Crippen LogP) is 3.52. The Morgan fingerprint density at radius 2 is 1.91 bits per heavy atom. The van der Waals surface area contributed by atoms with Gasteiger partial charge in [-0.05, 0) is 81.7 Å². The molecule has 2 aromatic carbocycles. The Hall–Kier alpha value is -2.93. The normalized spacial score (nSPS) is 20.6. The molecule has 1 saturated heterocycles. The highest BCUT2D eigenvalue weighted by molar-refractivity contribution is 6.08. The first-order valence-corrected chi connectivity index (χ1v) is 11.4. The van der Waals surface area contributed by atoms with Crippen LogP contribution in [0.15, 0.2) is 36.4 Å². The highest BCUT2D eigenvalue weighted by Gasteiger charge is 2.31. The third-order valence-electron chi connectivity index (χ3n) is 6.88. The zero-order valence-corrected chi connectivity index (χ0v) is 18.6. The fourth-order valence-electron chi connectivity index (χ4n) is 4.70. The largest absolute Gasteiger partial charge is 0.368 e. The average molecular weight is 437 g/mol. The molecule has 2 amide bonds. The van der Waals surface area contributed by atoms with Gasteiger partial charge in [0.1, 0.15) is 5.82 Å². The van der Waals surface area contributed by atoms with Crippen LogP contribution in [0.25, 0.3) is 0 Å². The molecule has 0 radical (unpaired) electrons. The summed E-state index contributed by atoms with van der Waals surface area (Å²) in [6.07, 6.45) is 3.58. The van der Waals surface area contributed by atoms with E-state index < -0.39 is 0 Å². The third-order valence-corrected chi connectivity index (χ3v) is 6.88. The minimum atomic E-state index is -0.293. The van der Waals surface area contributed by atoms with E-state index in [4.69, 9.17) is 0 Å². The SMILES string of the molecule is CN(C)[C@@H]1CCN(c2ccc(N3CCc4cc(NC(=O)C5CC5)ccc4C3=O)cc2F)C1. The Balaban J connectivity index is 1.31. The van der Waals surface area contributed by atoms with Crippen LogP contribution in [-0.2, 0) is 11.2 Å². The van der Waals surface area contributed by atoms with Gasteiger partial charge in [0.05, 0.1) is 5.69 Å². The second-order valence-electron chi connectivity index (χ2n) is 9.33. The fraction of sp³-hybridized carbons (Fsp3) is 0.440. The Labute approximate surface area is 188 Å². The number of halogens is 1. The number of anilines is 3. The maximum absolute atomic E-state index is 15.0. The molecule has 2 heterocycles. The maximum Gasteiger partial charge on any atom is 0.258 e. The molecular weight excluding hydrogens is 407 g/mol. The number of hydrogen-bond acceptors (Lipinski definition) is 4. The Kier molecular flexibility index (Phi) is 5.37. The van der Waals surface area contributed by atoms with Crippen molar-refractivity contribution in [2.45, 2.75) is 31.7 Å². The van der Waals surface area contributed by atoms with Crippen molar-refractivity contribution < 1.29 is 14.0 Å². The summed E-state index contributed by atoms with van der Waals surface area (Å²) in [6.45, 7) is 2.12. The van der Waals surface area contributed by atoms with Crippen LogP contribution in [0.5, 0.6) is 0 Å². The van der Waals surface area contributed by atoms with E-state index in [9.17, 15) is 9.59 Å². The molecule has 6 nitrogen and oxygen atoms in total. The molecule has 2 aliphatic heterocycles. The Bertz CT molecular complexity index is 1070. The highest BCUT2D eigenvalue weighted by Crippen LogP contribution is 2.33. The van der Waals surface area contributed by atoms with Crippen molar-refractivity contribution in [1.29, 1.82) is 0 Å². The van der Waals surface area contributed by atoms with E-state index in [1.54, 1.807) is 23.1 Å². The van der Waals surface area contributed by atoms with Crippen LogP contribution in [0.4, 0.5) is 21.5 Å². The summed E-state index contributed by atoms with van der Waals surface area (Å²) in [6, 6.07) is 11.0. The lowest BCUT2D eigenvalue weighted by atomic mass is 9.97. The molecule has 0 unspecified atom stereocenters. The van der Waals surface area contributed by atoms with E-state index in [0.29, 0.717) is 35.9 Å². The number of hydrogen-bond donors (Lipinski definition) is 1. The number of nitrogens with one attached hydrogen (secondary N) is 1. The van der Waals surface area contributed by atoms with Crippen LogP contribution in [0.3, 0.4) is 0 Å². The standard InChI is InChI=1S/C25H29FN4O2/c1-28(2)20-10-11-29(15-20)23-8-6-19(14-22(23)26)30-12-9-17-13-18(5-7-21(17)25(30)32)27-24(31)16-3-4-16/h5-8,13-14,16,20H,3-4,9-12,15H2,1-2H3,(H,27,31)/t20-/m1/s1. The fourth-order valence-corrected chi connectivity index (χ4v) is 4.70. The van der Waals surface area contributed by atoms with Crippen LogP contribution in [0, 0.1) is 11.7 Å².